The van der Waals surface area contributed by atoms with Crippen LogP contribution in [0.5, 0.6) is 5.75 Å². The fourth-order valence-corrected chi connectivity index (χ4v) is 1.33. The van der Waals surface area contributed by atoms with Gasteiger partial charge in [-0.1, -0.05) is 5.16 Å². The van der Waals surface area contributed by atoms with E-state index in [1.165, 1.54) is 6.92 Å². The van der Waals surface area contributed by atoms with E-state index >= 15 is 0 Å². The monoisotopic (exact) mass is 232 g/mol. The molecule has 0 N–H and O–H groups in total. The molecule has 0 aliphatic rings. The highest BCUT2D eigenvalue weighted by Crippen LogP contribution is 2.14. The van der Waals surface area contributed by atoms with Crippen molar-refractivity contribution in [2.24, 2.45) is 0 Å². The molecule has 2 aromatic rings. The number of Topliss-reactive ketones (excluding diaryl/α,β-unsaturated/α-hetero) is 1. The van der Waals surface area contributed by atoms with Gasteiger partial charge in [0, 0.05) is 5.56 Å². The Balaban J connectivity index is 1.97. The van der Waals surface area contributed by atoms with E-state index in [1.54, 1.807) is 31.2 Å². The normalized spacial score (nSPS) is 10.2. The molecule has 5 heteroatoms. The maximum absolute atomic E-state index is 11.1. The third-order valence-corrected chi connectivity index (χ3v) is 2.19. The molecule has 17 heavy (non-hydrogen) atoms. The van der Waals surface area contributed by atoms with E-state index in [4.69, 9.17) is 9.26 Å². The average Bonchev–Trinajstić information content (AvgIpc) is 2.73. The van der Waals surface area contributed by atoms with Crippen LogP contribution in [0.25, 0.3) is 0 Å². The van der Waals surface area contributed by atoms with E-state index in [2.05, 4.69) is 10.1 Å². The van der Waals surface area contributed by atoms with Crippen molar-refractivity contribution in [3.8, 4) is 5.75 Å². The fraction of sp³-hybridized carbons (Fsp3) is 0.250. The standard InChI is InChI=1S/C12H12N2O3/c1-8(15)10-3-5-11(6-4-10)16-7-12-13-9(2)14-17-12/h3-6H,7H2,1-2H3. The van der Waals surface area contributed by atoms with E-state index in [0.29, 0.717) is 23.0 Å². The quantitative estimate of drug-likeness (QED) is 0.756. The van der Waals surface area contributed by atoms with Gasteiger partial charge in [-0.25, -0.2) is 0 Å². The van der Waals surface area contributed by atoms with Crippen molar-refractivity contribution in [2.75, 3.05) is 0 Å². The third kappa shape index (κ3) is 2.90. The molecule has 1 aromatic carbocycles. The lowest BCUT2D eigenvalue weighted by atomic mass is 10.1. The van der Waals surface area contributed by atoms with E-state index in [9.17, 15) is 4.79 Å². The van der Waals surface area contributed by atoms with E-state index in [-0.39, 0.29) is 12.4 Å². The van der Waals surface area contributed by atoms with Crippen molar-refractivity contribution >= 4 is 5.78 Å². The molecule has 0 aliphatic heterocycles. The summed E-state index contributed by atoms with van der Waals surface area (Å²) in [5, 5.41) is 3.66. The van der Waals surface area contributed by atoms with Crippen molar-refractivity contribution in [1.29, 1.82) is 0 Å². The van der Waals surface area contributed by atoms with Gasteiger partial charge in [0.05, 0.1) is 0 Å². The van der Waals surface area contributed by atoms with Gasteiger partial charge in [-0.3, -0.25) is 4.79 Å². The number of ether oxygens (including phenoxy) is 1. The SMILES string of the molecule is CC(=O)c1ccc(OCc2nc(C)no2)cc1. The van der Waals surface area contributed by atoms with Crippen LogP contribution in [-0.2, 0) is 6.61 Å². The highest BCUT2D eigenvalue weighted by Gasteiger charge is 2.04. The second-order valence-electron chi connectivity index (χ2n) is 3.60. The lowest BCUT2D eigenvalue weighted by Crippen LogP contribution is -1.97. The topological polar surface area (TPSA) is 65.2 Å². The summed E-state index contributed by atoms with van der Waals surface area (Å²) in [6.07, 6.45) is 0. The second-order valence-corrected chi connectivity index (χ2v) is 3.60. The zero-order valence-corrected chi connectivity index (χ0v) is 9.64. The first-order chi connectivity index (χ1) is 8.15. The minimum Gasteiger partial charge on any atom is -0.484 e. The Morgan fingerprint density at radius 1 is 1.35 bits per heavy atom. The number of aryl methyl sites for hydroxylation is 1. The first kappa shape index (κ1) is 11.3. The summed E-state index contributed by atoms with van der Waals surface area (Å²) in [6.45, 7) is 3.49. The number of rotatable bonds is 4. The predicted octanol–water partition coefficient (Wildman–Crippen LogP) is 2.16. The summed E-state index contributed by atoms with van der Waals surface area (Å²) in [6, 6.07) is 6.91. The fourth-order valence-electron chi connectivity index (χ4n) is 1.33. The summed E-state index contributed by atoms with van der Waals surface area (Å²) in [4.78, 5) is 15.1. The summed E-state index contributed by atoms with van der Waals surface area (Å²) in [7, 11) is 0. The van der Waals surface area contributed by atoms with Crippen LogP contribution in [0.15, 0.2) is 28.8 Å². The van der Waals surface area contributed by atoms with Gasteiger partial charge >= 0.3 is 0 Å². The molecule has 1 aromatic heterocycles. The van der Waals surface area contributed by atoms with Crippen LogP contribution < -0.4 is 4.74 Å². The van der Waals surface area contributed by atoms with Crippen molar-refractivity contribution in [1.82, 2.24) is 10.1 Å². The van der Waals surface area contributed by atoms with Crippen LogP contribution in [0, 0.1) is 6.92 Å². The molecule has 0 fully saturated rings. The first-order valence-corrected chi connectivity index (χ1v) is 5.18. The minimum atomic E-state index is 0.0316. The van der Waals surface area contributed by atoms with Gasteiger partial charge < -0.3 is 9.26 Å². The Morgan fingerprint density at radius 3 is 2.59 bits per heavy atom. The van der Waals surface area contributed by atoms with Gasteiger partial charge in [-0.05, 0) is 38.1 Å². The maximum Gasteiger partial charge on any atom is 0.264 e. The van der Waals surface area contributed by atoms with Crippen LogP contribution in [0.1, 0.15) is 29.0 Å². The van der Waals surface area contributed by atoms with Crippen molar-refractivity contribution in [3.63, 3.8) is 0 Å². The van der Waals surface area contributed by atoms with Crippen LogP contribution in [0.2, 0.25) is 0 Å². The molecule has 0 spiro atoms. The highest BCUT2D eigenvalue weighted by molar-refractivity contribution is 5.94. The summed E-state index contributed by atoms with van der Waals surface area (Å²) in [5.74, 6) is 1.70. The number of benzene rings is 1. The molecule has 88 valence electrons. The number of ketones is 1. The Morgan fingerprint density at radius 2 is 2.06 bits per heavy atom. The average molecular weight is 232 g/mol. The lowest BCUT2D eigenvalue weighted by molar-refractivity contribution is 0.101. The third-order valence-electron chi connectivity index (χ3n) is 2.19. The van der Waals surface area contributed by atoms with Gasteiger partial charge in [-0.2, -0.15) is 4.98 Å². The van der Waals surface area contributed by atoms with Gasteiger partial charge in [0.15, 0.2) is 18.2 Å². The lowest BCUT2D eigenvalue weighted by Gasteiger charge is -2.03. The molecule has 1 heterocycles. The van der Waals surface area contributed by atoms with Crippen molar-refractivity contribution < 1.29 is 14.1 Å². The molecule has 0 amide bonds. The van der Waals surface area contributed by atoms with Gasteiger partial charge in [0.2, 0.25) is 0 Å². The molecular formula is C12H12N2O3. The molecule has 0 bridgehead atoms. The highest BCUT2D eigenvalue weighted by atomic mass is 16.5. The number of hydrogen-bond acceptors (Lipinski definition) is 5. The zero-order chi connectivity index (χ0) is 12.3. The van der Waals surface area contributed by atoms with Crippen molar-refractivity contribution in [2.45, 2.75) is 20.5 Å². The number of aromatic nitrogens is 2. The number of hydrogen-bond donors (Lipinski definition) is 0. The van der Waals surface area contributed by atoms with Gasteiger partial charge in [0.1, 0.15) is 5.75 Å². The largest absolute Gasteiger partial charge is 0.484 e. The molecule has 0 aliphatic carbocycles. The summed E-state index contributed by atoms with van der Waals surface area (Å²) in [5.41, 5.74) is 0.658. The van der Waals surface area contributed by atoms with E-state index < -0.39 is 0 Å². The Hall–Kier alpha value is -2.17. The predicted molar refractivity (Wildman–Crippen MR) is 59.8 cm³/mol. The molecule has 5 nitrogen and oxygen atoms in total. The molecule has 0 saturated carbocycles. The van der Waals surface area contributed by atoms with Gasteiger partial charge in [0.25, 0.3) is 5.89 Å². The summed E-state index contributed by atoms with van der Waals surface area (Å²) >= 11 is 0. The summed E-state index contributed by atoms with van der Waals surface area (Å²) < 4.78 is 10.3. The molecule has 0 saturated heterocycles. The minimum absolute atomic E-state index is 0.0316. The van der Waals surface area contributed by atoms with E-state index in [1.807, 2.05) is 0 Å². The van der Waals surface area contributed by atoms with Crippen LogP contribution in [-0.4, -0.2) is 15.9 Å². The van der Waals surface area contributed by atoms with E-state index in [0.717, 1.165) is 0 Å². The molecule has 0 radical (unpaired) electrons. The molecule has 0 atom stereocenters. The second kappa shape index (κ2) is 4.78. The van der Waals surface area contributed by atoms with Crippen molar-refractivity contribution in [3.05, 3.63) is 41.5 Å². The zero-order valence-electron chi connectivity index (χ0n) is 9.64. The van der Waals surface area contributed by atoms with Crippen LogP contribution in [0.3, 0.4) is 0 Å². The number of nitrogens with zero attached hydrogens (tertiary/aromatic N) is 2. The number of carbonyl (C=O) groups excluding carboxylic acids is 1. The Labute approximate surface area is 98.4 Å². The maximum atomic E-state index is 11.1. The Kier molecular flexibility index (Phi) is 3.18. The smallest absolute Gasteiger partial charge is 0.264 e. The molecule has 0 unspecified atom stereocenters. The molecule has 2 rings (SSSR count). The van der Waals surface area contributed by atoms with Gasteiger partial charge in [-0.15, -0.1) is 0 Å². The van der Waals surface area contributed by atoms with Crippen LogP contribution >= 0.6 is 0 Å². The van der Waals surface area contributed by atoms with Crippen LogP contribution in [0.4, 0.5) is 0 Å². The molecular weight excluding hydrogens is 220 g/mol. The first-order valence-electron chi connectivity index (χ1n) is 5.18. The number of carbonyl (C=O) groups is 1. The Bertz CT molecular complexity index is 517.